The summed E-state index contributed by atoms with van der Waals surface area (Å²) in [5, 5.41) is 1.22. The second kappa shape index (κ2) is 8.22. The van der Waals surface area contributed by atoms with Gasteiger partial charge in [0.15, 0.2) is 5.78 Å². The molecule has 3 nitrogen and oxygen atoms in total. The van der Waals surface area contributed by atoms with Gasteiger partial charge in [0.2, 0.25) is 0 Å². The number of rotatable bonds is 4. The Balaban J connectivity index is 0.000000778. The molecule has 5 rings (SSSR count). The van der Waals surface area contributed by atoms with Crippen LogP contribution in [0.15, 0.2) is 42.0 Å². The van der Waals surface area contributed by atoms with E-state index in [9.17, 15) is 4.79 Å². The van der Waals surface area contributed by atoms with Crippen LogP contribution >= 0.6 is 11.3 Å². The molecular weight excluding hydrogens is 366 g/mol. The molecule has 0 N–H and O–H groups in total. The van der Waals surface area contributed by atoms with E-state index in [1.165, 1.54) is 33.3 Å². The van der Waals surface area contributed by atoms with Crippen molar-refractivity contribution in [3.63, 3.8) is 0 Å². The van der Waals surface area contributed by atoms with Crippen molar-refractivity contribution in [1.29, 1.82) is 0 Å². The van der Waals surface area contributed by atoms with E-state index in [2.05, 4.69) is 48.3 Å². The molecule has 2 atom stereocenters. The molecule has 2 aromatic rings. The highest BCUT2D eigenvalue weighted by Gasteiger charge is 2.35. The first-order valence-corrected chi connectivity index (χ1v) is 11.3. The summed E-state index contributed by atoms with van der Waals surface area (Å²) < 4.78 is 6.73. The van der Waals surface area contributed by atoms with E-state index in [-0.39, 0.29) is 7.21 Å². The lowest BCUT2D eigenvalue weighted by Crippen LogP contribution is -2.36. The first kappa shape index (κ1) is 19.4. The summed E-state index contributed by atoms with van der Waals surface area (Å²) >= 11 is 1.66. The van der Waals surface area contributed by atoms with Gasteiger partial charge in [0.25, 0.3) is 0 Å². The molecule has 0 spiro atoms. The van der Waals surface area contributed by atoms with Crippen LogP contribution in [0.4, 0.5) is 5.69 Å². The summed E-state index contributed by atoms with van der Waals surface area (Å²) in [6, 6.07) is 6.48. The van der Waals surface area contributed by atoms with Gasteiger partial charge in [-0.2, -0.15) is 0 Å². The Morgan fingerprint density at radius 1 is 1.25 bits per heavy atom. The lowest BCUT2D eigenvalue weighted by Gasteiger charge is -2.29. The number of thiophene rings is 1. The van der Waals surface area contributed by atoms with Crippen molar-refractivity contribution in [2.24, 2.45) is 11.8 Å². The van der Waals surface area contributed by atoms with Gasteiger partial charge >= 0.3 is 0 Å². The Bertz CT molecular complexity index is 940. The molecule has 1 aromatic carbocycles. The first-order valence-electron chi connectivity index (χ1n) is 10.5. The second-order valence-electron chi connectivity index (χ2n) is 7.62. The minimum absolute atomic E-state index is 0. The summed E-state index contributed by atoms with van der Waals surface area (Å²) in [7, 11) is 0. The Kier molecular flexibility index (Phi) is 5.70. The quantitative estimate of drug-likeness (QED) is 0.591. The fourth-order valence-corrected chi connectivity index (χ4v) is 5.27. The number of carbonyl (C=O) groups is 1. The average molecular weight is 398 g/mol. The maximum absolute atomic E-state index is 12.9. The highest BCUT2D eigenvalue weighted by molar-refractivity contribution is 7.21. The maximum atomic E-state index is 12.9. The average Bonchev–Trinajstić information content (AvgIpc) is 3.36. The summed E-state index contributed by atoms with van der Waals surface area (Å²) in [6.07, 6.45) is 8.53. The van der Waals surface area contributed by atoms with E-state index in [0.717, 1.165) is 37.1 Å². The van der Waals surface area contributed by atoms with E-state index < -0.39 is 0 Å². The number of hydrogen-bond donors (Lipinski definition) is 0. The molecule has 1 saturated carbocycles. The molecule has 1 aromatic heterocycles. The fraction of sp³-hybridized carbons (Fsp3) is 0.458. The van der Waals surface area contributed by atoms with Gasteiger partial charge in [-0.05, 0) is 53.8 Å². The third-order valence-electron chi connectivity index (χ3n) is 5.75. The van der Waals surface area contributed by atoms with E-state index in [1.807, 2.05) is 13.8 Å². The molecule has 150 valence electrons. The molecule has 1 aliphatic heterocycles. The summed E-state index contributed by atoms with van der Waals surface area (Å²) in [5.41, 5.74) is 3.68. The van der Waals surface area contributed by atoms with Crippen LogP contribution < -0.4 is 4.90 Å². The predicted octanol–water partition coefficient (Wildman–Crippen LogP) is 6.02. The normalized spacial score (nSPS) is 23.0. The van der Waals surface area contributed by atoms with E-state index in [1.54, 1.807) is 11.3 Å². The number of ketones is 1. The van der Waals surface area contributed by atoms with E-state index >= 15 is 0 Å². The molecule has 1 saturated heterocycles. The summed E-state index contributed by atoms with van der Waals surface area (Å²) in [5.74, 6) is 1.69. The fourth-order valence-electron chi connectivity index (χ4n) is 4.05. The molecular formula is C24H31NO2S. The Labute approximate surface area is 173 Å². The van der Waals surface area contributed by atoms with Crippen LogP contribution in [0, 0.1) is 18.8 Å². The topological polar surface area (TPSA) is 29.5 Å². The number of allylic oxidation sites excluding steroid dienone is 4. The van der Waals surface area contributed by atoms with Gasteiger partial charge in [-0.3, -0.25) is 4.79 Å². The summed E-state index contributed by atoms with van der Waals surface area (Å²) in [4.78, 5) is 16.2. The Hall–Kier alpha value is -1.91. The lowest BCUT2D eigenvalue weighted by molar-refractivity contribution is 0.0997. The van der Waals surface area contributed by atoms with Crippen molar-refractivity contribution in [2.75, 3.05) is 31.2 Å². The van der Waals surface area contributed by atoms with Gasteiger partial charge in [0, 0.05) is 20.9 Å². The van der Waals surface area contributed by atoms with Gasteiger partial charge in [-0.15, -0.1) is 11.3 Å². The number of carbonyl (C=O) groups excluding carboxylic acids is 1. The second-order valence-corrected chi connectivity index (χ2v) is 8.67. The Morgan fingerprint density at radius 2 is 2.04 bits per heavy atom. The zero-order valence-corrected chi connectivity index (χ0v) is 17.8. The Morgan fingerprint density at radius 3 is 2.79 bits per heavy atom. The number of hydrogen-bond acceptors (Lipinski definition) is 4. The number of aryl methyl sites for hydroxylation is 1. The molecule has 0 radical (unpaired) electrons. The first-order chi connectivity index (χ1) is 13.7. The van der Waals surface area contributed by atoms with Gasteiger partial charge in [-0.25, -0.2) is 0 Å². The van der Waals surface area contributed by atoms with Crippen LogP contribution in [0.2, 0.25) is 0 Å². The predicted molar refractivity (Wildman–Crippen MR) is 121 cm³/mol. The van der Waals surface area contributed by atoms with Crippen molar-refractivity contribution in [1.82, 2.24) is 0 Å². The maximum Gasteiger partial charge on any atom is 0.177 e. The monoisotopic (exact) mass is 397 g/mol. The number of anilines is 1. The van der Waals surface area contributed by atoms with Crippen molar-refractivity contribution >= 4 is 32.9 Å². The van der Waals surface area contributed by atoms with E-state index in [0.29, 0.717) is 12.3 Å². The molecule has 0 bridgehead atoms. The number of morpholine rings is 1. The number of nitrogens with zero attached hydrogens (tertiary/aromatic N) is 1. The van der Waals surface area contributed by atoms with Crippen molar-refractivity contribution < 1.29 is 11.0 Å². The molecule has 2 unspecified atom stereocenters. The smallest absolute Gasteiger partial charge is 0.177 e. The third-order valence-corrected chi connectivity index (χ3v) is 6.95. The molecule has 2 aliphatic carbocycles. The van der Waals surface area contributed by atoms with Gasteiger partial charge in [0.1, 0.15) is 0 Å². The highest BCUT2D eigenvalue weighted by atomic mass is 32.1. The minimum Gasteiger partial charge on any atom is -0.378 e. The molecule has 2 fully saturated rings. The van der Waals surface area contributed by atoms with Crippen molar-refractivity contribution in [2.45, 2.75) is 33.6 Å². The minimum atomic E-state index is 0. The zero-order chi connectivity index (χ0) is 19.7. The van der Waals surface area contributed by atoms with Crippen LogP contribution in [0.1, 0.15) is 43.4 Å². The summed E-state index contributed by atoms with van der Waals surface area (Å²) in [6.45, 7) is 9.51. The largest absolute Gasteiger partial charge is 0.378 e. The number of benzene rings is 1. The van der Waals surface area contributed by atoms with Gasteiger partial charge in [-0.1, -0.05) is 38.1 Å². The highest BCUT2D eigenvalue weighted by Crippen LogP contribution is 2.45. The van der Waals surface area contributed by atoms with Crippen molar-refractivity contribution in [3.05, 3.63) is 52.4 Å². The number of Topliss-reactive ketones (excluding diaryl/α,β-unsaturated/α-hetero) is 1. The van der Waals surface area contributed by atoms with Crippen LogP contribution in [0.3, 0.4) is 0 Å². The van der Waals surface area contributed by atoms with Crippen LogP contribution in [0.25, 0.3) is 10.1 Å². The van der Waals surface area contributed by atoms with Crippen LogP contribution in [-0.4, -0.2) is 32.1 Å². The molecule has 28 heavy (non-hydrogen) atoms. The molecule has 2 heterocycles. The van der Waals surface area contributed by atoms with Gasteiger partial charge in [0.05, 0.1) is 28.5 Å². The SMILES string of the molecule is CC.Cc1ccc(N2CCOCC2)c2sc(C(=O)CC3=CC4CC4C=C3)cc12.[HH]. The standard InChI is InChI=1S/C22H23NO2S.C2H6.H2/c1-14-2-5-19(23-6-8-25-9-7-23)22-18(14)13-21(26-22)20(24)11-15-3-4-16-12-17(16)10-15;1-2;/h2-5,10,13,16-17H,6-9,11-12H2,1H3;1-2H3;1H. The number of ether oxygens (including phenoxy) is 1. The van der Waals surface area contributed by atoms with Gasteiger partial charge < -0.3 is 9.64 Å². The molecule has 3 aliphatic rings. The lowest BCUT2D eigenvalue weighted by atomic mass is 10.0. The third kappa shape index (κ3) is 3.81. The van der Waals surface area contributed by atoms with E-state index in [4.69, 9.17) is 4.74 Å². The van der Waals surface area contributed by atoms with Crippen LogP contribution in [-0.2, 0) is 4.74 Å². The van der Waals surface area contributed by atoms with Crippen LogP contribution in [0.5, 0.6) is 0 Å². The number of fused-ring (bicyclic) bond motifs is 2. The molecule has 0 amide bonds. The zero-order valence-electron chi connectivity index (χ0n) is 17.0. The molecule has 4 heteroatoms. The van der Waals surface area contributed by atoms with Crippen molar-refractivity contribution in [3.8, 4) is 0 Å².